The standard InChI is InChI=1S/C7H12F2N2S/c1-5(12)6(2-3-10)11-4-7(8)9/h5-7,11-12H,2,4H2,1H3. The molecule has 0 aliphatic carbocycles. The molecule has 1 N–H and O–H groups in total. The molecule has 0 saturated carbocycles. The second kappa shape index (κ2) is 6.21. The number of nitrogens with one attached hydrogen (secondary N) is 1. The van der Waals surface area contributed by atoms with Crippen LogP contribution in [0.3, 0.4) is 0 Å². The maximum Gasteiger partial charge on any atom is 0.250 e. The third-order valence-corrected chi connectivity index (χ3v) is 1.79. The van der Waals surface area contributed by atoms with Crippen LogP contribution in [-0.4, -0.2) is 24.3 Å². The number of nitrogens with zero attached hydrogens (tertiary/aromatic N) is 1. The maximum absolute atomic E-state index is 11.7. The van der Waals surface area contributed by atoms with Crippen LogP contribution < -0.4 is 5.32 Å². The Bertz CT molecular complexity index is 156. The van der Waals surface area contributed by atoms with Crippen molar-refractivity contribution in [2.24, 2.45) is 0 Å². The highest BCUT2D eigenvalue weighted by Crippen LogP contribution is 2.05. The lowest BCUT2D eigenvalue weighted by atomic mass is 10.1. The van der Waals surface area contributed by atoms with Gasteiger partial charge in [-0.2, -0.15) is 17.9 Å². The second-order valence-corrected chi connectivity index (χ2v) is 3.32. The van der Waals surface area contributed by atoms with Gasteiger partial charge in [0.2, 0.25) is 0 Å². The van der Waals surface area contributed by atoms with Crippen molar-refractivity contribution in [2.75, 3.05) is 6.54 Å². The van der Waals surface area contributed by atoms with Crippen LogP contribution >= 0.6 is 12.6 Å². The minimum atomic E-state index is -2.38. The molecule has 0 aliphatic heterocycles. The van der Waals surface area contributed by atoms with E-state index in [1.807, 2.05) is 6.07 Å². The molecule has 2 atom stereocenters. The van der Waals surface area contributed by atoms with E-state index in [2.05, 4.69) is 17.9 Å². The predicted octanol–water partition coefficient (Wildman–Crippen LogP) is 1.44. The summed E-state index contributed by atoms with van der Waals surface area (Å²) in [4.78, 5) is 0. The zero-order valence-electron chi connectivity index (χ0n) is 6.80. The van der Waals surface area contributed by atoms with Gasteiger partial charge in [-0.05, 0) is 0 Å². The van der Waals surface area contributed by atoms with Gasteiger partial charge in [-0.15, -0.1) is 0 Å². The van der Waals surface area contributed by atoms with Crippen molar-refractivity contribution in [3.8, 4) is 6.07 Å². The zero-order chi connectivity index (χ0) is 9.56. The Morgan fingerprint density at radius 3 is 2.50 bits per heavy atom. The van der Waals surface area contributed by atoms with Gasteiger partial charge in [0.05, 0.1) is 19.0 Å². The number of alkyl halides is 2. The molecule has 12 heavy (non-hydrogen) atoms. The molecule has 2 unspecified atom stereocenters. The molecule has 0 aromatic heterocycles. The third kappa shape index (κ3) is 5.33. The average Bonchev–Trinajstić information content (AvgIpc) is 1.96. The van der Waals surface area contributed by atoms with E-state index in [9.17, 15) is 8.78 Å². The topological polar surface area (TPSA) is 35.8 Å². The van der Waals surface area contributed by atoms with Gasteiger partial charge in [-0.3, -0.25) is 0 Å². The molecule has 0 aromatic rings. The molecule has 0 aromatic carbocycles. The van der Waals surface area contributed by atoms with Gasteiger partial charge in [0.25, 0.3) is 6.43 Å². The molecular weight excluding hydrogens is 182 g/mol. The summed E-state index contributed by atoms with van der Waals surface area (Å²) in [6, 6.07) is 1.66. The van der Waals surface area contributed by atoms with Crippen LogP contribution in [0.2, 0.25) is 0 Å². The summed E-state index contributed by atoms with van der Waals surface area (Å²) in [5.74, 6) is 0. The van der Waals surface area contributed by atoms with Crippen LogP contribution in [0.15, 0.2) is 0 Å². The smallest absolute Gasteiger partial charge is 0.250 e. The fourth-order valence-electron chi connectivity index (χ4n) is 0.752. The number of rotatable bonds is 5. The quantitative estimate of drug-likeness (QED) is 0.650. The summed E-state index contributed by atoms with van der Waals surface area (Å²) in [6.07, 6.45) is -2.17. The van der Waals surface area contributed by atoms with Crippen LogP contribution in [-0.2, 0) is 0 Å². The molecule has 5 heteroatoms. The SMILES string of the molecule is CC(S)C(CC#N)NCC(F)F. The van der Waals surface area contributed by atoms with Crippen molar-refractivity contribution in [3.05, 3.63) is 0 Å². The van der Waals surface area contributed by atoms with Crippen LogP contribution in [0.1, 0.15) is 13.3 Å². The Balaban J connectivity index is 3.73. The summed E-state index contributed by atoms with van der Waals surface area (Å²) >= 11 is 4.07. The summed E-state index contributed by atoms with van der Waals surface area (Å²) in [5, 5.41) is 10.8. The van der Waals surface area contributed by atoms with Crippen molar-refractivity contribution >= 4 is 12.6 Å². The zero-order valence-corrected chi connectivity index (χ0v) is 7.69. The van der Waals surface area contributed by atoms with Gasteiger partial charge in [0.1, 0.15) is 0 Å². The Labute approximate surface area is 76.4 Å². The lowest BCUT2D eigenvalue weighted by Gasteiger charge is -2.18. The van der Waals surface area contributed by atoms with Gasteiger partial charge in [-0.25, -0.2) is 8.78 Å². The Hall–Kier alpha value is -0.340. The number of nitriles is 1. The number of thiol groups is 1. The van der Waals surface area contributed by atoms with Crippen LogP contribution in [0.25, 0.3) is 0 Å². The first-order valence-corrected chi connectivity index (χ1v) is 4.16. The Kier molecular flexibility index (Phi) is 6.03. The van der Waals surface area contributed by atoms with Crippen molar-refractivity contribution < 1.29 is 8.78 Å². The summed E-state index contributed by atoms with van der Waals surface area (Å²) < 4.78 is 23.5. The minimum absolute atomic E-state index is 0.0941. The Morgan fingerprint density at radius 2 is 2.17 bits per heavy atom. The van der Waals surface area contributed by atoms with Crippen LogP contribution in [0.4, 0.5) is 8.78 Å². The monoisotopic (exact) mass is 194 g/mol. The van der Waals surface area contributed by atoms with Crippen molar-refractivity contribution in [3.63, 3.8) is 0 Å². The molecule has 0 saturated heterocycles. The molecule has 0 amide bonds. The fourth-order valence-corrected chi connectivity index (χ4v) is 0.963. The molecule has 0 heterocycles. The van der Waals surface area contributed by atoms with E-state index in [4.69, 9.17) is 5.26 Å². The number of halogens is 2. The van der Waals surface area contributed by atoms with Gasteiger partial charge >= 0.3 is 0 Å². The van der Waals surface area contributed by atoms with E-state index in [-0.39, 0.29) is 24.3 Å². The van der Waals surface area contributed by atoms with Gasteiger partial charge in [0, 0.05) is 11.3 Å². The van der Waals surface area contributed by atoms with Crippen LogP contribution in [0.5, 0.6) is 0 Å². The molecular formula is C7H12F2N2S. The van der Waals surface area contributed by atoms with E-state index >= 15 is 0 Å². The van der Waals surface area contributed by atoms with E-state index in [0.717, 1.165) is 0 Å². The number of hydrogen-bond donors (Lipinski definition) is 2. The molecule has 0 aliphatic rings. The molecule has 2 nitrogen and oxygen atoms in total. The summed E-state index contributed by atoms with van der Waals surface area (Å²) in [7, 11) is 0. The van der Waals surface area contributed by atoms with Gasteiger partial charge in [0.15, 0.2) is 0 Å². The van der Waals surface area contributed by atoms with E-state index < -0.39 is 6.43 Å². The van der Waals surface area contributed by atoms with Crippen molar-refractivity contribution in [1.82, 2.24) is 5.32 Å². The molecule has 0 rings (SSSR count). The lowest BCUT2D eigenvalue weighted by Crippen LogP contribution is -2.38. The fraction of sp³-hybridized carbons (Fsp3) is 0.857. The van der Waals surface area contributed by atoms with Crippen molar-refractivity contribution in [1.29, 1.82) is 5.26 Å². The largest absolute Gasteiger partial charge is 0.307 e. The number of hydrogen-bond acceptors (Lipinski definition) is 3. The highest BCUT2D eigenvalue weighted by Gasteiger charge is 2.14. The average molecular weight is 194 g/mol. The highest BCUT2D eigenvalue weighted by molar-refractivity contribution is 7.81. The molecule has 0 bridgehead atoms. The van der Waals surface area contributed by atoms with E-state index in [0.29, 0.717) is 0 Å². The van der Waals surface area contributed by atoms with Gasteiger partial charge < -0.3 is 5.32 Å². The van der Waals surface area contributed by atoms with Crippen LogP contribution in [0, 0.1) is 11.3 Å². The van der Waals surface area contributed by atoms with E-state index in [1.165, 1.54) is 0 Å². The second-order valence-electron chi connectivity index (χ2n) is 2.51. The highest BCUT2D eigenvalue weighted by atomic mass is 32.1. The maximum atomic E-state index is 11.7. The third-order valence-electron chi connectivity index (χ3n) is 1.43. The van der Waals surface area contributed by atoms with Crippen molar-refractivity contribution in [2.45, 2.75) is 31.1 Å². The Morgan fingerprint density at radius 1 is 1.58 bits per heavy atom. The first-order valence-electron chi connectivity index (χ1n) is 3.64. The predicted molar refractivity (Wildman–Crippen MR) is 46.5 cm³/mol. The van der Waals surface area contributed by atoms with Gasteiger partial charge in [-0.1, -0.05) is 6.92 Å². The normalized spacial score (nSPS) is 15.7. The first-order chi connectivity index (χ1) is 5.57. The first kappa shape index (κ1) is 11.7. The molecule has 0 spiro atoms. The van der Waals surface area contributed by atoms with E-state index in [1.54, 1.807) is 6.92 Å². The molecule has 0 fully saturated rings. The summed E-state index contributed by atoms with van der Waals surface area (Å²) in [6.45, 7) is 1.39. The molecule has 0 radical (unpaired) electrons. The lowest BCUT2D eigenvalue weighted by molar-refractivity contribution is 0.141. The molecule has 70 valence electrons. The summed E-state index contributed by atoms with van der Waals surface area (Å²) in [5.41, 5.74) is 0. The minimum Gasteiger partial charge on any atom is -0.307 e.